The smallest absolute Gasteiger partial charge is 0.252 e. The first kappa shape index (κ1) is 21.3. The number of nitrogens with one attached hydrogen (secondary N) is 1. The van der Waals surface area contributed by atoms with E-state index in [9.17, 15) is 4.79 Å². The first-order valence-electron chi connectivity index (χ1n) is 11.8. The number of rotatable bonds is 7. The molecule has 0 radical (unpaired) electrons. The highest BCUT2D eigenvalue weighted by atomic mass is 16.5. The number of aryl methyl sites for hydroxylation is 2. The Kier molecular flexibility index (Phi) is 6.06. The highest BCUT2D eigenvalue weighted by Gasteiger charge is 2.25. The average molecular weight is 437 g/mol. The van der Waals surface area contributed by atoms with Crippen molar-refractivity contribution >= 4 is 10.9 Å². The van der Waals surface area contributed by atoms with E-state index in [1.165, 1.54) is 18.4 Å². The van der Waals surface area contributed by atoms with E-state index in [1.54, 1.807) is 0 Å². The van der Waals surface area contributed by atoms with Crippen LogP contribution in [0.1, 0.15) is 67.1 Å². The number of aromatic amines is 1. The molecular weight excluding hydrogens is 404 g/mol. The van der Waals surface area contributed by atoms with Crippen molar-refractivity contribution in [3.63, 3.8) is 0 Å². The van der Waals surface area contributed by atoms with Crippen LogP contribution in [0.5, 0.6) is 0 Å². The van der Waals surface area contributed by atoms with Crippen LogP contribution in [0.2, 0.25) is 0 Å². The molecule has 8 nitrogen and oxygen atoms in total. The van der Waals surface area contributed by atoms with E-state index in [0.29, 0.717) is 19.1 Å². The quantitative estimate of drug-likeness (QED) is 0.610. The van der Waals surface area contributed by atoms with E-state index in [1.807, 2.05) is 17.7 Å². The van der Waals surface area contributed by atoms with Crippen LogP contribution in [0.4, 0.5) is 0 Å². The van der Waals surface area contributed by atoms with Crippen LogP contribution in [0, 0.1) is 13.8 Å². The van der Waals surface area contributed by atoms with Crippen LogP contribution in [0.15, 0.2) is 23.0 Å². The zero-order valence-corrected chi connectivity index (χ0v) is 19.0. The number of benzene rings is 1. The zero-order chi connectivity index (χ0) is 22.1. The molecule has 1 aromatic carbocycles. The monoisotopic (exact) mass is 436 g/mol. The molecule has 0 spiro atoms. The second kappa shape index (κ2) is 9.11. The molecule has 0 bridgehead atoms. The van der Waals surface area contributed by atoms with Crippen LogP contribution >= 0.6 is 0 Å². The number of tetrazole rings is 1. The van der Waals surface area contributed by atoms with Gasteiger partial charge in [0.05, 0.1) is 24.2 Å². The summed E-state index contributed by atoms with van der Waals surface area (Å²) in [5.74, 6) is 0.874. The van der Waals surface area contributed by atoms with Crippen molar-refractivity contribution in [3.8, 4) is 0 Å². The molecule has 2 fully saturated rings. The number of nitrogens with zero attached hydrogens (tertiary/aromatic N) is 5. The summed E-state index contributed by atoms with van der Waals surface area (Å²) >= 11 is 0. The number of pyridine rings is 1. The van der Waals surface area contributed by atoms with Gasteiger partial charge in [-0.2, -0.15) is 0 Å². The minimum Gasteiger partial charge on any atom is -0.377 e. The first-order valence-corrected chi connectivity index (χ1v) is 11.8. The highest BCUT2D eigenvalue weighted by molar-refractivity contribution is 5.82. The number of hydrogen-bond donors (Lipinski definition) is 1. The standard InChI is InChI=1S/C24H32N6O2/c1-16-10-17(2)23-18(11-16)12-19(24(31)25-23)13-29(14-21-8-5-9-32-21)15-22-26-27-28-30(22)20-6-3-4-7-20/h10-12,20-21H,3-9,13-15H2,1-2H3,(H,25,31)/t21-/m1/s1. The molecule has 1 N–H and O–H groups in total. The van der Waals surface area contributed by atoms with Crippen molar-refractivity contribution in [1.82, 2.24) is 30.1 Å². The Labute approximate surface area is 188 Å². The normalized spacial score (nSPS) is 19.5. The summed E-state index contributed by atoms with van der Waals surface area (Å²) in [6.07, 6.45) is 7.06. The van der Waals surface area contributed by atoms with Crippen LogP contribution in [-0.4, -0.2) is 49.3 Å². The van der Waals surface area contributed by atoms with Crippen molar-refractivity contribution in [2.24, 2.45) is 0 Å². The van der Waals surface area contributed by atoms with E-state index in [0.717, 1.165) is 66.7 Å². The summed E-state index contributed by atoms with van der Waals surface area (Å²) in [6.45, 7) is 6.85. The fraction of sp³-hybridized carbons (Fsp3) is 0.583. The lowest BCUT2D eigenvalue weighted by molar-refractivity contribution is 0.0661. The maximum Gasteiger partial charge on any atom is 0.252 e. The van der Waals surface area contributed by atoms with Gasteiger partial charge in [0, 0.05) is 25.3 Å². The number of ether oxygens (including phenoxy) is 1. The van der Waals surface area contributed by atoms with Gasteiger partial charge in [0.2, 0.25) is 0 Å². The average Bonchev–Trinajstić information content (AvgIpc) is 3.51. The van der Waals surface area contributed by atoms with Gasteiger partial charge in [-0.3, -0.25) is 9.69 Å². The maximum absolute atomic E-state index is 13.0. The van der Waals surface area contributed by atoms with E-state index in [4.69, 9.17) is 4.74 Å². The molecule has 1 atom stereocenters. The Hall–Kier alpha value is -2.58. The molecule has 5 rings (SSSR count). The van der Waals surface area contributed by atoms with Crippen molar-refractivity contribution in [2.45, 2.75) is 77.6 Å². The molecule has 3 aromatic rings. The third-order valence-corrected chi connectivity index (χ3v) is 6.85. The summed E-state index contributed by atoms with van der Waals surface area (Å²) in [6, 6.07) is 6.66. The molecule has 1 saturated heterocycles. The SMILES string of the molecule is Cc1cc(C)c2[nH]c(=O)c(CN(Cc3nnnn3C3CCCC3)C[C@H]3CCCO3)cc2c1. The number of fused-ring (bicyclic) bond motifs is 1. The summed E-state index contributed by atoms with van der Waals surface area (Å²) in [5, 5.41) is 13.7. The van der Waals surface area contributed by atoms with Crippen molar-refractivity contribution in [2.75, 3.05) is 13.2 Å². The highest BCUT2D eigenvalue weighted by Crippen LogP contribution is 2.29. The molecule has 1 saturated carbocycles. The molecule has 170 valence electrons. The minimum absolute atomic E-state index is 0.0304. The van der Waals surface area contributed by atoms with Crippen molar-refractivity contribution in [1.29, 1.82) is 0 Å². The third-order valence-electron chi connectivity index (χ3n) is 6.85. The lowest BCUT2D eigenvalue weighted by Crippen LogP contribution is -2.34. The zero-order valence-electron chi connectivity index (χ0n) is 19.0. The molecule has 8 heteroatoms. The molecule has 3 heterocycles. The Morgan fingerprint density at radius 2 is 1.97 bits per heavy atom. The number of hydrogen-bond acceptors (Lipinski definition) is 6. The van der Waals surface area contributed by atoms with Crippen LogP contribution in [0.3, 0.4) is 0 Å². The Bertz CT molecular complexity index is 1140. The van der Waals surface area contributed by atoms with Gasteiger partial charge in [0.15, 0.2) is 5.82 Å². The second-order valence-corrected chi connectivity index (χ2v) is 9.45. The van der Waals surface area contributed by atoms with Gasteiger partial charge in [-0.1, -0.05) is 24.5 Å². The molecule has 0 amide bonds. The van der Waals surface area contributed by atoms with Crippen LogP contribution < -0.4 is 5.56 Å². The topological polar surface area (TPSA) is 88.9 Å². The number of aromatic nitrogens is 5. The van der Waals surface area contributed by atoms with Gasteiger partial charge in [-0.25, -0.2) is 4.68 Å². The third kappa shape index (κ3) is 4.47. The predicted molar refractivity (Wildman–Crippen MR) is 122 cm³/mol. The van der Waals surface area contributed by atoms with Gasteiger partial charge >= 0.3 is 0 Å². The fourth-order valence-electron chi connectivity index (χ4n) is 5.30. The molecule has 2 aromatic heterocycles. The minimum atomic E-state index is -0.0304. The first-order chi connectivity index (χ1) is 15.6. The van der Waals surface area contributed by atoms with Crippen molar-refractivity contribution < 1.29 is 4.74 Å². The Morgan fingerprint density at radius 1 is 1.12 bits per heavy atom. The molecule has 0 unspecified atom stereocenters. The van der Waals surface area contributed by atoms with Gasteiger partial charge in [-0.15, -0.1) is 5.10 Å². The molecule has 2 aliphatic rings. The summed E-state index contributed by atoms with van der Waals surface area (Å²) in [4.78, 5) is 18.3. The Morgan fingerprint density at radius 3 is 2.75 bits per heavy atom. The van der Waals surface area contributed by atoms with Gasteiger partial charge in [-0.05, 0) is 73.0 Å². The van der Waals surface area contributed by atoms with E-state index in [2.05, 4.69) is 44.5 Å². The Balaban J connectivity index is 1.43. The largest absolute Gasteiger partial charge is 0.377 e. The molecule has 32 heavy (non-hydrogen) atoms. The van der Waals surface area contributed by atoms with Gasteiger partial charge < -0.3 is 9.72 Å². The van der Waals surface area contributed by atoms with Crippen molar-refractivity contribution in [3.05, 3.63) is 51.1 Å². The second-order valence-electron chi connectivity index (χ2n) is 9.45. The van der Waals surface area contributed by atoms with E-state index < -0.39 is 0 Å². The molecule has 1 aliphatic carbocycles. The summed E-state index contributed by atoms with van der Waals surface area (Å²) in [7, 11) is 0. The van der Waals surface area contributed by atoms with E-state index in [-0.39, 0.29) is 11.7 Å². The summed E-state index contributed by atoms with van der Waals surface area (Å²) < 4.78 is 7.92. The number of H-pyrrole nitrogens is 1. The predicted octanol–water partition coefficient (Wildman–Crippen LogP) is 3.43. The lowest BCUT2D eigenvalue weighted by atomic mass is 10.0. The fourth-order valence-corrected chi connectivity index (χ4v) is 5.30. The molecular formula is C24H32N6O2. The summed E-state index contributed by atoms with van der Waals surface area (Å²) in [5.41, 5.74) is 3.94. The van der Waals surface area contributed by atoms with Crippen LogP contribution in [0.25, 0.3) is 10.9 Å². The molecule has 1 aliphatic heterocycles. The lowest BCUT2D eigenvalue weighted by Gasteiger charge is -2.25. The van der Waals surface area contributed by atoms with Gasteiger partial charge in [0.1, 0.15) is 0 Å². The van der Waals surface area contributed by atoms with Crippen LogP contribution in [-0.2, 0) is 17.8 Å². The van der Waals surface area contributed by atoms with Gasteiger partial charge in [0.25, 0.3) is 5.56 Å². The van der Waals surface area contributed by atoms with E-state index >= 15 is 0 Å². The maximum atomic E-state index is 13.0.